The van der Waals surface area contributed by atoms with Crippen LogP contribution in [0.1, 0.15) is 30.3 Å². The number of nitrogens with two attached hydrogens (primary N) is 1. The van der Waals surface area contributed by atoms with Gasteiger partial charge in [-0.2, -0.15) is 0 Å². The number of β-amino-alcohol motifs (C(OH)–C–C–N with tert-alkyl or cyclic N) is 1. The molecule has 0 saturated carbocycles. The van der Waals surface area contributed by atoms with Crippen LogP contribution in [0.4, 0.5) is 5.69 Å². The van der Waals surface area contributed by atoms with E-state index in [1.165, 1.54) is 0 Å². The van der Waals surface area contributed by atoms with Crippen molar-refractivity contribution in [1.29, 1.82) is 0 Å². The fourth-order valence-corrected chi connectivity index (χ4v) is 2.90. The molecule has 1 fully saturated rings. The van der Waals surface area contributed by atoms with Crippen molar-refractivity contribution in [2.45, 2.75) is 25.4 Å². The molecule has 1 aromatic heterocycles. The fraction of sp³-hybridized carbons (Fsp3) is 0.400. The first kappa shape index (κ1) is 13.0. The third-order valence-corrected chi connectivity index (χ3v) is 3.89. The van der Waals surface area contributed by atoms with E-state index in [-0.39, 0.29) is 5.91 Å². The number of aliphatic hydroxyl groups is 1. The molecule has 0 bridgehead atoms. The lowest BCUT2D eigenvalue weighted by molar-refractivity contribution is -0.0861. The Labute approximate surface area is 117 Å². The van der Waals surface area contributed by atoms with Gasteiger partial charge in [-0.25, -0.2) is 0 Å². The maximum atomic E-state index is 12.3. The van der Waals surface area contributed by atoms with Gasteiger partial charge in [0.2, 0.25) is 0 Å². The number of hydrogen-bond acceptors (Lipinski definition) is 3. The number of carbonyl (C=O) groups is 1. The quantitative estimate of drug-likeness (QED) is 0.745. The van der Waals surface area contributed by atoms with Crippen molar-refractivity contribution in [2.75, 3.05) is 18.8 Å². The molecule has 0 aliphatic carbocycles. The van der Waals surface area contributed by atoms with Crippen molar-refractivity contribution in [3.05, 3.63) is 30.0 Å². The Balaban J connectivity index is 1.79. The standard InChI is InChI=1S/C15H19N3O2/c1-2-6-15(20)8-18(9-15)14(19)12-7-10-4-3-5-11(16)13(10)17-12/h3-5,7,17,20H,2,6,8-9,16H2,1H3. The normalized spacial score (nSPS) is 17.2. The number of carbonyl (C=O) groups excluding carboxylic acids is 1. The van der Waals surface area contributed by atoms with E-state index in [1.54, 1.807) is 11.0 Å². The lowest BCUT2D eigenvalue weighted by Crippen LogP contribution is -2.63. The Morgan fingerprint density at radius 3 is 2.90 bits per heavy atom. The van der Waals surface area contributed by atoms with Crippen LogP contribution in [0, 0.1) is 0 Å². The summed E-state index contributed by atoms with van der Waals surface area (Å²) in [6, 6.07) is 7.40. The summed E-state index contributed by atoms with van der Waals surface area (Å²) >= 11 is 0. The topological polar surface area (TPSA) is 82.3 Å². The first-order valence-corrected chi connectivity index (χ1v) is 6.91. The molecule has 4 N–H and O–H groups in total. The van der Waals surface area contributed by atoms with Crippen LogP contribution in [-0.2, 0) is 0 Å². The molecule has 2 heterocycles. The van der Waals surface area contributed by atoms with Crippen LogP contribution in [0.3, 0.4) is 0 Å². The van der Waals surface area contributed by atoms with Crippen LogP contribution < -0.4 is 5.73 Å². The van der Waals surface area contributed by atoms with Crippen molar-refractivity contribution in [3.8, 4) is 0 Å². The van der Waals surface area contributed by atoms with Gasteiger partial charge in [-0.05, 0) is 18.6 Å². The molecule has 0 atom stereocenters. The number of nitrogens with zero attached hydrogens (tertiary/aromatic N) is 1. The maximum absolute atomic E-state index is 12.3. The van der Waals surface area contributed by atoms with Gasteiger partial charge in [-0.15, -0.1) is 0 Å². The molecule has 5 heteroatoms. The summed E-state index contributed by atoms with van der Waals surface area (Å²) < 4.78 is 0. The molecular weight excluding hydrogens is 254 g/mol. The van der Waals surface area contributed by atoms with Crippen molar-refractivity contribution in [1.82, 2.24) is 9.88 Å². The van der Waals surface area contributed by atoms with Gasteiger partial charge in [-0.1, -0.05) is 25.5 Å². The zero-order valence-electron chi connectivity index (χ0n) is 11.5. The first-order valence-electron chi connectivity index (χ1n) is 6.91. The molecule has 106 valence electrons. The van der Waals surface area contributed by atoms with Gasteiger partial charge in [0.15, 0.2) is 0 Å². The lowest BCUT2D eigenvalue weighted by Gasteiger charge is -2.46. The predicted octanol–water partition coefficient (Wildman–Crippen LogP) is 1.74. The number of benzene rings is 1. The van der Waals surface area contributed by atoms with Gasteiger partial charge >= 0.3 is 0 Å². The molecular formula is C15H19N3O2. The second-order valence-electron chi connectivity index (χ2n) is 5.63. The smallest absolute Gasteiger partial charge is 0.270 e. The Morgan fingerprint density at radius 2 is 2.25 bits per heavy atom. The maximum Gasteiger partial charge on any atom is 0.270 e. The number of para-hydroxylation sites is 1. The van der Waals surface area contributed by atoms with Crippen LogP contribution >= 0.6 is 0 Å². The van der Waals surface area contributed by atoms with Crippen LogP contribution in [0.25, 0.3) is 10.9 Å². The minimum absolute atomic E-state index is 0.0821. The van der Waals surface area contributed by atoms with Crippen LogP contribution in [-0.4, -0.2) is 39.6 Å². The number of rotatable bonds is 3. The molecule has 3 rings (SSSR count). The van der Waals surface area contributed by atoms with E-state index < -0.39 is 5.60 Å². The second kappa shape index (κ2) is 4.52. The molecule has 5 nitrogen and oxygen atoms in total. The van der Waals surface area contributed by atoms with Crippen molar-refractivity contribution in [2.24, 2.45) is 0 Å². The lowest BCUT2D eigenvalue weighted by atomic mass is 9.89. The highest BCUT2D eigenvalue weighted by molar-refractivity contribution is 6.01. The number of hydrogen-bond donors (Lipinski definition) is 3. The average Bonchev–Trinajstić information content (AvgIpc) is 2.80. The van der Waals surface area contributed by atoms with Crippen LogP contribution in [0.5, 0.6) is 0 Å². The van der Waals surface area contributed by atoms with Crippen LogP contribution in [0.2, 0.25) is 0 Å². The highest BCUT2D eigenvalue weighted by atomic mass is 16.3. The fourth-order valence-electron chi connectivity index (χ4n) is 2.90. The van der Waals surface area contributed by atoms with Gasteiger partial charge in [0.05, 0.1) is 29.9 Å². The van der Waals surface area contributed by atoms with E-state index in [0.29, 0.717) is 24.5 Å². The molecule has 0 radical (unpaired) electrons. The molecule has 0 unspecified atom stereocenters. The Morgan fingerprint density at radius 1 is 1.50 bits per heavy atom. The van der Waals surface area contributed by atoms with Gasteiger partial charge in [0.25, 0.3) is 5.91 Å². The predicted molar refractivity (Wildman–Crippen MR) is 78.5 cm³/mol. The third kappa shape index (κ3) is 2.04. The number of nitrogens with one attached hydrogen (secondary N) is 1. The summed E-state index contributed by atoms with van der Waals surface area (Å²) in [7, 11) is 0. The summed E-state index contributed by atoms with van der Waals surface area (Å²) in [5.41, 5.74) is 7.13. The molecule has 20 heavy (non-hydrogen) atoms. The van der Waals surface area contributed by atoms with Gasteiger partial charge in [-0.3, -0.25) is 4.79 Å². The van der Waals surface area contributed by atoms with Crippen molar-refractivity contribution >= 4 is 22.5 Å². The van der Waals surface area contributed by atoms with E-state index in [9.17, 15) is 9.90 Å². The summed E-state index contributed by atoms with van der Waals surface area (Å²) in [6.45, 7) is 2.85. The summed E-state index contributed by atoms with van der Waals surface area (Å²) in [5.74, 6) is -0.0821. The zero-order chi connectivity index (χ0) is 14.3. The number of likely N-dealkylation sites (tertiary alicyclic amines) is 1. The first-order chi connectivity index (χ1) is 9.52. The number of fused-ring (bicyclic) bond motifs is 1. The molecule has 1 aliphatic heterocycles. The number of H-pyrrole nitrogens is 1. The monoisotopic (exact) mass is 273 g/mol. The number of anilines is 1. The Kier molecular flexibility index (Phi) is 2.94. The summed E-state index contributed by atoms with van der Waals surface area (Å²) in [5, 5.41) is 11.1. The average molecular weight is 273 g/mol. The van der Waals surface area contributed by atoms with E-state index in [4.69, 9.17) is 5.73 Å². The van der Waals surface area contributed by atoms with Gasteiger partial charge in [0, 0.05) is 5.39 Å². The largest absolute Gasteiger partial charge is 0.397 e. The highest BCUT2D eigenvalue weighted by Crippen LogP contribution is 2.28. The molecule has 0 spiro atoms. The van der Waals surface area contributed by atoms with E-state index in [1.807, 2.05) is 25.1 Å². The molecule has 1 saturated heterocycles. The third-order valence-electron chi connectivity index (χ3n) is 3.89. The molecule has 1 amide bonds. The zero-order valence-corrected chi connectivity index (χ0v) is 11.5. The van der Waals surface area contributed by atoms with Crippen molar-refractivity contribution in [3.63, 3.8) is 0 Å². The van der Waals surface area contributed by atoms with Gasteiger partial charge < -0.3 is 20.7 Å². The molecule has 1 aromatic carbocycles. The van der Waals surface area contributed by atoms with Crippen molar-refractivity contribution < 1.29 is 9.90 Å². The molecule has 1 aliphatic rings. The second-order valence-corrected chi connectivity index (χ2v) is 5.63. The summed E-state index contributed by atoms with van der Waals surface area (Å²) in [6.07, 6.45) is 1.65. The van der Waals surface area contributed by atoms with E-state index in [2.05, 4.69) is 4.98 Å². The van der Waals surface area contributed by atoms with Gasteiger partial charge in [0.1, 0.15) is 5.69 Å². The number of aromatic nitrogens is 1. The SMILES string of the molecule is CCCC1(O)CN(C(=O)c2cc3cccc(N)c3[nH]2)C1. The number of amides is 1. The number of nitrogen functional groups attached to an aromatic ring is 1. The minimum atomic E-state index is -0.699. The Hall–Kier alpha value is -2.01. The van der Waals surface area contributed by atoms with Crippen LogP contribution in [0.15, 0.2) is 24.3 Å². The number of aromatic amines is 1. The summed E-state index contributed by atoms with van der Waals surface area (Å²) in [4.78, 5) is 17.1. The van der Waals surface area contributed by atoms with E-state index >= 15 is 0 Å². The van der Waals surface area contributed by atoms with E-state index in [0.717, 1.165) is 23.7 Å². The molecule has 2 aromatic rings. The Bertz CT molecular complexity index is 656. The minimum Gasteiger partial charge on any atom is -0.397 e. The highest BCUT2D eigenvalue weighted by Gasteiger charge is 2.43.